The summed E-state index contributed by atoms with van der Waals surface area (Å²) in [6.45, 7) is 3.57. The number of nitrogens with zero attached hydrogens (tertiary/aromatic N) is 2. The summed E-state index contributed by atoms with van der Waals surface area (Å²) in [6, 6.07) is 19.5. The van der Waals surface area contributed by atoms with Gasteiger partial charge >= 0.3 is 0 Å². The molecule has 0 radical (unpaired) electrons. The van der Waals surface area contributed by atoms with Gasteiger partial charge in [-0.1, -0.05) is 30.3 Å². The number of carbonyl (C=O) groups excluding carboxylic acids is 2. The van der Waals surface area contributed by atoms with E-state index in [0.717, 1.165) is 68.3 Å². The molecule has 3 aromatic rings. The fourth-order valence-electron chi connectivity index (χ4n) is 4.82. The average Bonchev–Trinajstić information content (AvgIpc) is 3.38. The van der Waals surface area contributed by atoms with E-state index in [2.05, 4.69) is 10.2 Å². The number of hydrogen-bond donors (Lipinski definition) is 1. The standard InChI is InChI=1S/C27H29N3O2/c31-26(22-11-10-20-8-2-3-9-21(20)18-22)28-23-12-13-25(29-14-6-7-15-29)24(19-23)27(32)30-16-4-1-5-17-30/h2-3,8-13,18-19H,1,4-7,14-17H2,(H,28,31). The minimum absolute atomic E-state index is 0.0772. The Hall–Kier alpha value is -3.34. The maximum atomic E-state index is 13.4. The van der Waals surface area contributed by atoms with Gasteiger partial charge < -0.3 is 15.1 Å². The maximum Gasteiger partial charge on any atom is 0.256 e. The lowest BCUT2D eigenvalue weighted by atomic mass is 10.1. The first-order valence-electron chi connectivity index (χ1n) is 11.7. The van der Waals surface area contributed by atoms with Crippen molar-refractivity contribution in [2.75, 3.05) is 36.4 Å². The molecule has 0 aromatic heterocycles. The second kappa shape index (κ2) is 9.03. The number of benzene rings is 3. The number of amides is 2. The van der Waals surface area contributed by atoms with Gasteiger partial charge in [-0.15, -0.1) is 0 Å². The maximum absolute atomic E-state index is 13.4. The van der Waals surface area contributed by atoms with Gasteiger partial charge in [-0.3, -0.25) is 9.59 Å². The van der Waals surface area contributed by atoms with Gasteiger partial charge in [-0.2, -0.15) is 0 Å². The molecule has 0 saturated carbocycles. The summed E-state index contributed by atoms with van der Waals surface area (Å²) in [6.07, 6.45) is 5.60. The molecule has 2 saturated heterocycles. The van der Waals surface area contributed by atoms with E-state index < -0.39 is 0 Å². The van der Waals surface area contributed by atoms with Gasteiger partial charge in [0, 0.05) is 43.1 Å². The van der Waals surface area contributed by atoms with Crippen LogP contribution in [0.1, 0.15) is 52.8 Å². The molecule has 1 N–H and O–H groups in total. The highest BCUT2D eigenvalue weighted by molar-refractivity contribution is 6.08. The molecule has 2 fully saturated rings. The van der Waals surface area contributed by atoms with Crippen molar-refractivity contribution in [2.45, 2.75) is 32.1 Å². The lowest BCUT2D eigenvalue weighted by Crippen LogP contribution is -2.36. The second-order valence-corrected chi connectivity index (χ2v) is 8.79. The van der Waals surface area contributed by atoms with Crippen LogP contribution in [0, 0.1) is 0 Å². The third kappa shape index (κ3) is 4.20. The normalized spacial score (nSPS) is 16.4. The van der Waals surface area contributed by atoms with Crippen LogP contribution in [-0.4, -0.2) is 42.9 Å². The monoisotopic (exact) mass is 427 g/mol. The van der Waals surface area contributed by atoms with Crippen LogP contribution in [0.2, 0.25) is 0 Å². The summed E-state index contributed by atoms with van der Waals surface area (Å²) in [5.74, 6) is -0.0885. The van der Waals surface area contributed by atoms with E-state index >= 15 is 0 Å². The Morgan fingerprint density at radius 2 is 1.44 bits per heavy atom. The topological polar surface area (TPSA) is 52.7 Å². The number of rotatable bonds is 4. The molecule has 5 heteroatoms. The van der Waals surface area contributed by atoms with Crippen molar-refractivity contribution in [1.82, 2.24) is 4.90 Å². The Morgan fingerprint density at radius 1 is 0.719 bits per heavy atom. The quantitative estimate of drug-likeness (QED) is 0.613. The van der Waals surface area contributed by atoms with E-state index in [1.54, 1.807) is 0 Å². The average molecular weight is 428 g/mol. The van der Waals surface area contributed by atoms with E-state index in [1.165, 1.54) is 6.42 Å². The lowest BCUT2D eigenvalue weighted by molar-refractivity contribution is 0.0724. The first-order chi connectivity index (χ1) is 15.7. The highest BCUT2D eigenvalue weighted by Gasteiger charge is 2.25. The Labute approximate surface area is 189 Å². The van der Waals surface area contributed by atoms with E-state index in [0.29, 0.717) is 16.8 Å². The van der Waals surface area contributed by atoms with Gasteiger partial charge in [0.2, 0.25) is 0 Å². The fraction of sp³-hybridized carbons (Fsp3) is 0.333. The highest BCUT2D eigenvalue weighted by atomic mass is 16.2. The molecule has 0 atom stereocenters. The largest absolute Gasteiger partial charge is 0.371 e. The molecular weight excluding hydrogens is 398 g/mol. The molecule has 2 amide bonds. The smallest absolute Gasteiger partial charge is 0.256 e. The molecule has 2 aliphatic rings. The Kier molecular flexibility index (Phi) is 5.80. The number of likely N-dealkylation sites (tertiary alicyclic amines) is 1. The number of hydrogen-bond acceptors (Lipinski definition) is 3. The number of anilines is 2. The lowest BCUT2D eigenvalue weighted by Gasteiger charge is -2.29. The van der Waals surface area contributed by atoms with Crippen LogP contribution in [0.25, 0.3) is 10.8 Å². The number of fused-ring (bicyclic) bond motifs is 1. The van der Waals surface area contributed by atoms with Crippen LogP contribution < -0.4 is 10.2 Å². The Morgan fingerprint density at radius 3 is 2.22 bits per heavy atom. The van der Waals surface area contributed by atoms with Crippen LogP contribution in [0.5, 0.6) is 0 Å². The summed E-state index contributed by atoms with van der Waals surface area (Å²) in [5.41, 5.74) is 2.95. The molecular formula is C27H29N3O2. The van der Waals surface area contributed by atoms with E-state index in [4.69, 9.17) is 0 Å². The summed E-state index contributed by atoms with van der Waals surface area (Å²) in [7, 11) is 0. The van der Waals surface area contributed by atoms with Crippen LogP contribution in [-0.2, 0) is 0 Å². The molecule has 0 bridgehead atoms. The van der Waals surface area contributed by atoms with E-state index in [1.807, 2.05) is 65.6 Å². The van der Waals surface area contributed by atoms with Crippen LogP contribution >= 0.6 is 0 Å². The van der Waals surface area contributed by atoms with Crippen molar-refractivity contribution < 1.29 is 9.59 Å². The van der Waals surface area contributed by atoms with Gasteiger partial charge in [-0.05, 0) is 73.2 Å². The Bertz CT molecular complexity index is 1140. The van der Waals surface area contributed by atoms with Crippen LogP contribution in [0.4, 0.5) is 11.4 Å². The number of carbonyl (C=O) groups is 2. The summed E-state index contributed by atoms with van der Waals surface area (Å²) < 4.78 is 0. The zero-order chi connectivity index (χ0) is 21.9. The predicted octanol–water partition coefficient (Wildman–Crippen LogP) is 5.32. The van der Waals surface area contributed by atoms with Gasteiger partial charge in [0.05, 0.1) is 5.56 Å². The molecule has 5 rings (SSSR count). The molecule has 5 nitrogen and oxygen atoms in total. The summed E-state index contributed by atoms with van der Waals surface area (Å²) in [4.78, 5) is 30.6. The molecule has 164 valence electrons. The minimum atomic E-state index is -0.166. The van der Waals surface area contributed by atoms with Crippen molar-refractivity contribution in [3.05, 3.63) is 71.8 Å². The van der Waals surface area contributed by atoms with Gasteiger partial charge in [-0.25, -0.2) is 0 Å². The predicted molar refractivity (Wildman–Crippen MR) is 130 cm³/mol. The summed E-state index contributed by atoms with van der Waals surface area (Å²) >= 11 is 0. The van der Waals surface area contributed by atoms with Crippen LogP contribution in [0.3, 0.4) is 0 Å². The van der Waals surface area contributed by atoms with Gasteiger partial charge in [0.15, 0.2) is 0 Å². The fourth-order valence-corrected chi connectivity index (χ4v) is 4.82. The van der Waals surface area contributed by atoms with Gasteiger partial charge in [0.1, 0.15) is 0 Å². The number of piperidine rings is 1. The van der Waals surface area contributed by atoms with Crippen molar-refractivity contribution in [3.63, 3.8) is 0 Å². The molecule has 2 aliphatic heterocycles. The Balaban J connectivity index is 1.42. The molecule has 2 heterocycles. The van der Waals surface area contributed by atoms with Crippen LogP contribution in [0.15, 0.2) is 60.7 Å². The van der Waals surface area contributed by atoms with E-state index in [9.17, 15) is 9.59 Å². The van der Waals surface area contributed by atoms with Crippen molar-refractivity contribution >= 4 is 34.0 Å². The molecule has 3 aromatic carbocycles. The molecule has 32 heavy (non-hydrogen) atoms. The molecule has 0 spiro atoms. The zero-order valence-corrected chi connectivity index (χ0v) is 18.3. The SMILES string of the molecule is O=C(Nc1ccc(N2CCCC2)c(C(=O)N2CCCCC2)c1)c1ccc2ccccc2c1. The third-order valence-corrected chi connectivity index (χ3v) is 6.59. The first kappa shape index (κ1) is 20.6. The highest BCUT2D eigenvalue weighted by Crippen LogP contribution is 2.30. The van der Waals surface area contributed by atoms with Crippen molar-refractivity contribution in [2.24, 2.45) is 0 Å². The van der Waals surface area contributed by atoms with Gasteiger partial charge in [0.25, 0.3) is 11.8 Å². The van der Waals surface area contributed by atoms with E-state index in [-0.39, 0.29) is 11.8 Å². The zero-order valence-electron chi connectivity index (χ0n) is 18.3. The molecule has 0 unspecified atom stereocenters. The first-order valence-corrected chi connectivity index (χ1v) is 11.7. The van der Waals surface area contributed by atoms with Crippen molar-refractivity contribution in [1.29, 1.82) is 0 Å². The number of nitrogens with one attached hydrogen (secondary N) is 1. The summed E-state index contributed by atoms with van der Waals surface area (Å²) in [5, 5.41) is 5.15. The van der Waals surface area contributed by atoms with Crippen molar-refractivity contribution in [3.8, 4) is 0 Å². The molecule has 0 aliphatic carbocycles. The minimum Gasteiger partial charge on any atom is -0.371 e. The third-order valence-electron chi connectivity index (χ3n) is 6.59. The second-order valence-electron chi connectivity index (χ2n) is 8.79.